The van der Waals surface area contributed by atoms with E-state index in [1.165, 1.54) is 6.92 Å². The van der Waals surface area contributed by atoms with E-state index in [0.29, 0.717) is 5.56 Å². The third kappa shape index (κ3) is 3.81. The van der Waals surface area contributed by atoms with Crippen LogP contribution < -0.4 is 5.32 Å². The average molecular weight is 279 g/mol. The zero-order valence-corrected chi connectivity index (χ0v) is 12.2. The van der Waals surface area contributed by atoms with E-state index < -0.39 is 24.0 Å². The van der Waals surface area contributed by atoms with Crippen molar-refractivity contribution in [2.45, 2.75) is 45.3 Å². The van der Waals surface area contributed by atoms with Crippen LogP contribution in [0.5, 0.6) is 0 Å². The highest BCUT2D eigenvalue weighted by Crippen LogP contribution is 2.25. The number of carbonyl (C=O) groups is 2. The van der Waals surface area contributed by atoms with E-state index in [0.717, 1.165) is 5.56 Å². The summed E-state index contributed by atoms with van der Waals surface area (Å²) in [4.78, 5) is 23.3. The minimum absolute atomic E-state index is 0.239. The van der Waals surface area contributed by atoms with E-state index in [4.69, 9.17) is 5.11 Å². The normalized spacial score (nSPS) is 14.4. The fraction of sp³-hybridized carbons (Fsp3) is 0.467. The largest absolute Gasteiger partial charge is 0.480 e. The lowest BCUT2D eigenvalue weighted by atomic mass is 9.83. The number of hydrogen-bond donors (Lipinski definition) is 3. The molecule has 5 nitrogen and oxygen atoms in total. The van der Waals surface area contributed by atoms with Crippen LogP contribution in [0.1, 0.15) is 43.6 Å². The van der Waals surface area contributed by atoms with Crippen molar-refractivity contribution in [3.63, 3.8) is 0 Å². The van der Waals surface area contributed by atoms with Crippen molar-refractivity contribution in [2.24, 2.45) is 0 Å². The smallest absolute Gasteiger partial charge is 0.328 e. The Morgan fingerprint density at radius 1 is 1.20 bits per heavy atom. The molecular formula is C15H21NO4. The van der Waals surface area contributed by atoms with Gasteiger partial charge in [-0.3, -0.25) is 4.79 Å². The van der Waals surface area contributed by atoms with Gasteiger partial charge in [-0.05, 0) is 24.0 Å². The van der Waals surface area contributed by atoms with E-state index >= 15 is 0 Å². The number of amides is 1. The molecule has 0 aliphatic heterocycles. The second kappa shape index (κ2) is 6.05. The molecule has 0 unspecified atom stereocenters. The molecule has 0 spiro atoms. The van der Waals surface area contributed by atoms with Gasteiger partial charge in [-0.25, -0.2) is 4.79 Å². The summed E-state index contributed by atoms with van der Waals surface area (Å²) in [5.74, 6) is -1.76. The maximum Gasteiger partial charge on any atom is 0.328 e. The second-order valence-electron chi connectivity index (χ2n) is 5.83. The van der Waals surface area contributed by atoms with Gasteiger partial charge < -0.3 is 15.5 Å². The molecule has 1 aromatic rings. The maximum atomic E-state index is 12.2. The van der Waals surface area contributed by atoms with Crippen LogP contribution >= 0.6 is 0 Å². The molecule has 0 aliphatic carbocycles. The molecule has 0 heterocycles. The van der Waals surface area contributed by atoms with Gasteiger partial charge in [-0.2, -0.15) is 0 Å². The molecule has 110 valence electrons. The van der Waals surface area contributed by atoms with Gasteiger partial charge in [0.1, 0.15) is 0 Å². The fourth-order valence-corrected chi connectivity index (χ4v) is 1.94. The average Bonchev–Trinajstić information content (AvgIpc) is 2.33. The lowest BCUT2D eigenvalue weighted by Crippen LogP contribution is -2.48. The van der Waals surface area contributed by atoms with Gasteiger partial charge >= 0.3 is 5.97 Å². The van der Waals surface area contributed by atoms with Gasteiger partial charge in [0.05, 0.1) is 6.10 Å². The molecule has 1 rings (SSSR count). The van der Waals surface area contributed by atoms with E-state index in [1.54, 1.807) is 12.1 Å². The molecule has 20 heavy (non-hydrogen) atoms. The van der Waals surface area contributed by atoms with Crippen molar-refractivity contribution in [2.75, 3.05) is 0 Å². The quantitative estimate of drug-likeness (QED) is 0.780. The first-order valence-corrected chi connectivity index (χ1v) is 6.46. The molecule has 1 aromatic carbocycles. The van der Waals surface area contributed by atoms with Crippen LogP contribution in [0.2, 0.25) is 0 Å². The Bertz CT molecular complexity index is 503. The molecule has 2 atom stereocenters. The molecular weight excluding hydrogens is 258 g/mol. The molecule has 0 fully saturated rings. The molecule has 0 saturated carbocycles. The summed E-state index contributed by atoms with van der Waals surface area (Å²) >= 11 is 0. The summed E-state index contributed by atoms with van der Waals surface area (Å²) < 4.78 is 0. The molecule has 3 N–H and O–H groups in total. The van der Waals surface area contributed by atoms with Crippen LogP contribution in [0.4, 0.5) is 0 Å². The lowest BCUT2D eigenvalue weighted by Gasteiger charge is -2.24. The van der Waals surface area contributed by atoms with Crippen LogP contribution in [-0.2, 0) is 10.2 Å². The molecule has 0 bridgehead atoms. The van der Waals surface area contributed by atoms with E-state index in [-0.39, 0.29) is 5.41 Å². The summed E-state index contributed by atoms with van der Waals surface area (Å²) in [6.07, 6.45) is -1.17. The first kappa shape index (κ1) is 16.2. The molecule has 0 aliphatic rings. The van der Waals surface area contributed by atoms with Gasteiger partial charge in [-0.15, -0.1) is 0 Å². The van der Waals surface area contributed by atoms with Crippen molar-refractivity contribution in [1.29, 1.82) is 0 Å². The Balaban J connectivity index is 3.07. The number of carboxylic acids is 1. The van der Waals surface area contributed by atoms with Crippen LogP contribution in [0.3, 0.4) is 0 Å². The Morgan fingerprint density at radius 2 is 1.75 bits per heavy atom. The van der Waals surface area contributed by atoms with Crippen molar-refractivity contribution < 1.29 is 19.8 Å². The van der Waals surface area contributed by atoms with Crippen LogP contribution in [0, 0.1) is 0 Å². The van der Waals surface area contributed by atoms with Crippen LogP contribution in [0.25, 0.3) is 0 Å². The summed E-state index contributed by atoms with van der Waals surface area (Å²) in [7, 11) is 0. The minimum Gasteiger partial charge on any atom is -0.480 e. The van der Waals surface area contributed by atoms with Crippen molar-refractivity contribution in [1.82, 2.24) is 5.32 Å². The first-order chi connectivity index (χ1) is 9.14. The minimum atomic E-state index is -1.32. The number of aliphatic hydroxyl groups excluding tert-OH is 1. The zero-order chi connectivity index (χ0) is 15.5. The molecule has 0 radical (unpaired) electrons. The number of carboxylic acid groups (broad SMARTS) is 1. The van der Waals surface area contributed by atoms with E-state index in [9.17, 15) is 14.7 Å². The number of hydrogen-bond acceptors (Lipinski definition) is 3. The summed E-state index contributed by atoms with van der Waals surface area (Å²) in [5, 5.41) is 20.8. The van der Waals surface area contributed by atoms with Crippen molar-refractivity contribution in [3.8, 4) is 0 Å². The maximum absolute atomic E-state index is 12.2. The highest BCUT2D eigenvalue weighted by atomic mass is 16.4. The number of benzene rings is 1. The first-order valence-electron chi connectivity index (χ1n) is 6.46. The van der Waals surface area contributed by atoms with Crippen molar-refractivity contribution >= 4 is 11.9 Å². The van der Waals surface area contributed by atoms with Gasteiger partial charge in [0.15, 0.2) is 6.04 Å². The zero-order valence-electron chi connectivity index (χ0n) is 12.2. The SMILES string of the molecule is C[C@@H](O)[C@H](NC(=O)c1ccccc1C(C)(C)C)C(=O)O. The Kier molecular flexibility index (Phi) is 4.89. The Hall–Kier alpha value is -1.88. The Morgan fingerprint density at radius 3 is 2.20 bits per heavy atom. The lowest BCUT2D eigenvalue weighted by molar-refractivity contribution is -0.141. The van der Waals surface area contributed by atoms with Crippen LogP contribution in [0.15, 0.2) is 24.3 Å². The fourth-order valence-electron chi connectivity index (χ4n) is 1.94. The summed E-state index contributed by atoms with van der Waals surface area (Å²) in [5.41, 5.74) is 1.01. The predicted molar refractivity (Wildman–Crippen MR) is 75.7 cm³/mol. The summed E-state index contributed by atoms with van der Waals surface area (Å²) in [6, 6.07) is 5.72. The second-order valence-corrected chi connectivity index (χ2v) is 5.83. The topological polar surface area (TPSA) is 86.6 Å². The van der Waals surface area contributed by atoms with Gasteiger partial charge in [0.2, 0.25) is 0 Å². The monoisotopic (exact) mass is 279 g/mol. The third-order valence-electron chi connectivity index (χ3n) is 3.01. The van der Waals surface area contributed by atoms with E-state index in [1.807, 2.05) is 32.9 Å². The van der Waals surface area contributed by atoms with Gasteiger partial charge in [0.25, 0.3) is 5.91 Å². The third-order valence-corrected chi connectivity index (χ3v) is 3.01. The predicted octanol–water partition coefficient (Wildman–Crippen LogP) is 1.55. The molecule has 5 heteroatoms. The number of rotatable bonds is 4. The standard InChI is InChI=1S/C15H21NO4/c1-9(17)12(14(19)20)16-13(18)10-7-5-6-8-11(10)15(2,3)4/h5-9,12,17H,1-4H3,(H,16,18)(H,19,20)/t9-,12+/m1/s1. The highest BCUT2D eigenvalue weighted by Gasteiger charge is 2.28. The highest BCUT2D eigenvalue weighted by molar-refractivity contribution is 5.98. The van der Waals surface area contributed by atoms with Gasteiger partial charge in [0, 0.05) is 5.56 Å². The summed E-state index contributed by atoms with van der Waals surface area (Å²) in [6.45, 7) is 7.25. The number of carbonyl (C=O) groups excluding carboxylic acids is 1. The Labute approximate surface area is 118 Å². The van der Waals surface area contributed by atoms with Crippen molar-refractivity contribution in [3.05, 3.63) is 35.4 Å². The number of aliphatic hydroxyl groups is 1. The molecule has 0 aromatic heterocycles. The van der Waals surface area contributed by atoms with Gasteiger partial charge in [-0.1, -0.05) is 39.0 Å². The van der Waals surface area contributed by atoms with E-state index in [2.05, 4.69) is 5.32 Å². The number of aliphatic carboxylic acids is 1. The van der Waals surface area contributed by atoms with Crippen LogP contribution in [-0.4, -0.2) is 34.2 Å². The molecule has 1 amide bonds. The number of nitrogens with one attached hydrogen (secondary N) is 1. The molecule has 0 saturated heterocycles.